The van der Waals surface area contributed by atoms with Crippen LogP contribution in [0.5, 0.6) is 0 Å². The highest BCUT2D eigenvalue weighted by atomic mass is 19.1. The molecule has 0 bridgehead atoms. The molecular formula is C16H24FNO. The van der Waals surface area contributed by atoms with Gasteiger partial charge in [0.2, 0.25) is 0 Å². The minimum atomic E-state index is -0.0822. The number of fused-ring (bicyclic) bond motifs is 1. The van der Waals surface area contributed by atoms with E-state index in [1.54, 1.807) is 6.07 Å². The number of nitrogens with one attached hydrogen (secondary N) is 1. The van der Waals surface area contributed by atoms with E-state index in [4.69, 9.17) is 0 Å². The molecule has 2 nitrogen and oxygen atoms in total. The minimum Gasteiger partial charge on any atom is -0.396 e. The van der Waals surface area contributed by atoms with E-state index in [0.717, 1.165) is 43.4 Å². The highest BCUT2D eigenvalue weighted by Gasteiger charge is 2.29. The third-order valence-corrected chi connectivity index (χ3v) is 4.77. The zero-order chi connectivity index (χ0) is 13.9. The molecule has 2 rings (SSSR count). The summed E-state index contributed by atoms with van der Waals surface area (Å²) in [4.78, 5) is 0. The van der Waals surface area contributed by atoms with Gasteiger partial charge in [0, 0.05) is 24.6 Å². The summed E-state index contributed by atoms with van der Waals surface area (Å²) in [5, 5.41) is 13.1. The summed E-state index contributed by atoms with van der Waals surface area (Å²) in [5.41, 5.74) is 1.91. The Kier molecular flexibility index (Phi) is 4.58. The average Bonchev–Trinajstić information content (AvgIpc) is 2.86. The van der Waals surface area contributed by atoms with Crippen molar-refractivity contribution in [3.63, 3.8) is 0 Å². The second-order valence-corrected chi connectivity index (χ2v) is 5.64. The van der Waals surface area contributed by atoms with Crippen molar-refractivity contribution in [1.82, 2.24) is 5.32 Å². The second-order valence-electron chi connectivity index (χ2n) is 5.64. The smallest absolute Gasteiger partial charge is 0.126 e. The largest absolute Gasteiger partial charge is 0.396 e. The third-order valence-electron chi connectivity index (χ3n) is 4.77. The van der Waals surface area contributed by atoms with Gasteiger partial charge in [0.25, 0.3) is 0 Å². The summed E-state index contributed by atoms with van der Waals surface area (Å²) in [6, 6.07) is 5.57. The Balaban J connectivity index is 2.05. The number of hydrogen-bond acceptors (Lipinski definition) is 2. The van der Waals surface area contributed by atoms with E-state index >= 15 is 0 Å². The van der Waals surface area contributed by atoms with Crippen LogP contribution in [0.1, 0.15) is 50.3 Å². The van der Waals surface area contributed by atoms with Gasteiger partial charge in [-0.2, -0.15) is 0 Å². The van der Waals surface area contributed by atoms with E-state index in [1.165, 1.54) is 6.07 Å². The Morgan fingerprint density at radius 2 is 2.11 bits per heavy atom. The zero-order valence-corrected chi connectivity index (χ0v) is 11.9. The van der Waals surface area contributed by atoms with Crippen LogP contribution in [0, 0.1) is 11.2 Å². The lowest BCUT2D eigenvalue weighted by Gasteiger charge is -2.31. The van der Waals surface area contributed by atoms with Crippen molar-refractivity contribution in [1.29, 1.82) is 0 Å². The monoisotopic (exact) mass is 265 g/mol. The predicted octanol–water partition coefficient (Wildman–Crippen LogP) is 3.20. The Morgan fingerprint density at radius 3 is 2.74 bits per heavy atom. The minimum absolute atomic E-state index is 0.0456. The molecule has 2 N–H and O–H groups in total. The molecule has 1 aromatic rings. The molecular weight excluding hydrogens is 241 g/mol. The standard InChI is InChI=1S/C16H24FNO/c1-3-16(4-2,11-19)10-18-15-9-8-12-13(15)6-5-7-14(12)17/h5-7,15,18-19H,3-4,8-11H2,1-2H3. The van der Waals surface area contributed by atoms with Gasteiger partial charge in [-0.25, -0.2) is 4.39 Å². The quantitative estimate of drug-likeness (QED) is 0.828. The lowest BCUT2D eigenvalue weighted by atomic mass is 9.83. The maximum absolute atomic E-state index is 13.7. The maximum Gasteiger partial charge on any atom is 0.126 e. The third kappa shape index (κ3) is 2.82. The number of benzene rings is 1. The molecule has 3 heteroatoms. The fraction of sp³-hybridized carbons (Fsp3) is 0.625. The van der Waals surface area contributed by atoms with Crippen molar-refractivity contribution in [2.24, 2.45) is 5.41 Å². The summed E-state index contributed by atoms with van der Waals surface area (Å²) in [5.74, 6) is -0.0822. The number of rotatable bonds is 6. The van der Waals surface area contributed by atoms with Crippen LogP contribution in [0.25, 0.3) is 0 Å². The molecule has 106 valence electrons. The van der Waals surface area contributed by atoms with Crippen molar-refractivity contribution in [3.05, 3.63) is 35.1 Å². The van der Waals surface area contributed by atoms with Gasteiger partial charge in [-0.3, -0.25) is 0 Å². The lowest BCUT2D eigenvalue weighted by Crippen LogP contribution is -2.37. The molecule has 0 saturated carbocycles. The number of aliphatic hydroxyl groups excluding tert-OH is 1. The molecule has 0 spiro atoms. The first kappa shape index (κ1) is 14.5. The molecule has 1 aliphatic carbocycles. The summed E-state index contributed by atoms with van der Waals surface area (Å²) >= 11 is 0. The Labute approximate surface area is 115 Å². The van der Waals surface area contributed by atoms with Crippen LogP contribution in [0.15, 0.2) is 18.2 Å². The highest BCUT2D eigenvalue weighted by molar-refractivity contribution is 5.35. The van der Waals surface area contributed by atoms with Crippen molar-refractivity contribution >= 4 is 0 Å². The van der Waals surface area contributed by atoms with Crippen molar-refractivity contribution in [2.45, 2.75) is 45.6 Å². The van der Waals surface area contributed by atoms with Crippen LogP contribution in [0.3, 0.4) is 0 Å². The highest BCUT2D eigenvalue weighted by Crippen LogP contribution is 2.34. The summed E-state index contributed by atoms with van der Waals surface area (Å²) < 4.78 is 13.7. The van der Waals surface area contributed by atoms with Crippen molar-refractivity contribution in [2.75, 3.05) is 13.2 Å². The van der Waals surface area contributed by atoms with Gasteiger partial charge in [0.15, 0.2) is 0 Å². The first-order valence-electron chi connectivity index (χ1n) is 7.27. The summed E-state index contributed by atoms with van der Waals surface area (Å²) in [6.07, 6.45) is 3.67. The zero-order valence-electron chi connectivity index (χ0n) is 11.9. The van der Waals surface area contributed by atoms with Gasteiger partial charge in [-0.05, 0) is 42.9 Å². The fourth-order valence-electron chi connectivity index (χ4n) is 2.94. The molecule has 0 aromatic heterocycles. The molecule has 0 amide bonds. The summed E-state index contributed by atoms with van der Waals surface area (Å²) in [6.45, 7) is 5.22. The van der Waals surface area contributed by atoms with Crippen LogP contribution in [0.2, 0.25) is 0 Å². The molecule has 0 fully saturated rings. The van der Waals surface area contributed by atoms with Crippen LogP contribution in [-0.4, -0.2) is 18.3 Å². The Bertz CT molecular complexity index is 420. The van der Waals surface area contributed by atoms with Crippen LogP contribution < -0.4 is 5.32 Å². The van der Waals surface area contributed by atoms with E-state index < -0.39 is 0 Å². The van der Waals surface area contributed by atoms with E-state index in [9.17, 15) is 9.50 Å². The molecule has 1 aliphatic rings. The van der Waals surface area contributed by atoms with E-state index in [-0.39, 0.29) is 23.9 Å². The van der Waals surface area contributed by atoms with E-state index in [0.29, 0.717) is 0 Å². The summed E-state index contributed by atoms with van der Waals surface area (Å²) in [7, 11) is 0. The van der Waals surface area contributed by atoms with Gasteiger partial charge >= 0.3 is 0 Å². The van der Waals surface area contributed by atoms with Crippen molar-refractivity contribution in [3.8, 4) is 0 Å². The fourth-order valence-corrected chi connectivity index (χ4v) is 2.94. The molecule has 19 heavy (non-hydrogen) atoms. The molecule has 1 aromatic carbocycles. The molecule has 0 aliphatic heterocycles. The van der Waals surface area contributed by atoms with E-state index in [1.807, 2.05) is 6.07 Å². The number of hydrogen-bond donors (Lipinski definition) is 2. The molecule has 0 saturated heterocycles. The Hall–Kier alpha value is -0.930. The number of aliphatic hydroxyl groups is 1. The first-order valence-corrected chi connectivity index (χ1v) is 7.27. The Morgan fingerprint density at radius 1 is 1.37 bits per heavy atom. The molecule has 1 unspecified atom stereocenters. The molecule has 0 heterocycles. The SMILES string of the molecule is CCC(CC)(CO)CNC1CCc2c(F)cccc21. The van der Waals surface area contributed by atoms with Crippen LogP contribution in [0.4, 0.5) is 4.39 Å². The maximum atomic E-state index is 13.7. The molecule has 1 atom stereocenters. The van der Waals surface area contributed by atoms with Gasteiger partial charge in [0.05, 0.1) is 0 Å². The van der Waals surface area contributed by atoms with Gasteiger partial charge < -0.3 is 10.4 Å². The number of halogens is 1. The normalized spacial score (nSPS) is 18.6. The van der Waals surface area contributed by atoms with Gasteiger partial charge in [0.1, 0.15) is 5.82 Å². The van der Waals surface area contributed by atoms with Crippen LogP contribution in [-0.2, 0) is 6.42 Å². The van der Waals surface area contributed by atoms with Gasteiger partial charge in [-0.15, -0.1) is 0 Å². The van der Waals surface area contributed by atoms with Crippen LogP contribution >= 0.6 is 0 Å². The second kappa shape index (κ2) is 6.02. The topological polar surface area (TPSA) is 32.3 Å². The first-order chi connectivity index (χ1) is 9.15. The molecule has 0 radical (unpaired) electrons. The van der Waals surface area contributed by atoms with E-state index in [2.05, 4.69) is 19.2 Å². The average molecular weight is 265 g/mol. The van der Waals surface area contributed by atoms with Gasteiger partial charge in [-0.1, -0.05) is 26.0 Å². The lowest BCUT2D eigenvalue weighted by molar-refractivity contribution is 0.109. The predicted molar refractivity (Wildman–Crippen MR) is 75.6 cm³/mol. The van der Waals surface area contributed by atoms with Crippen molar-refractivity contribution < 1.29 is 9.50 Å².